The van der Waals surface area contributed by atoms with E-state index >= 15 is 0 Å². The van der Waals surface area contributed by atoms with Crippen molar-refractivity contribution in [2.24, 2.45) is 11.7 Å². The molecule has 1 fully saturated rings. The maximum absolute atomic E-state index is 12.7. The van der Waals surface area contributed by atoms with Gasteiger partial charge in [-0.3, -0.25) is 9.59 Å². The molecule has 5 nitrogen and oxygen atoms in total. The number of benzene rings is 1. The molecule has 2 unspecified atom stereocenters. The van der Waals surface area contributed by atoms with E-state index in [0.717, 1.165) is 42.5 Å². The van der Waals surface area contributed by atoms with E-state index in [9.17, 15) is 9.59 Å². The van der Waals surface area contributed by atoms with Gasteiger partial charge in [0, 0.05) is 18.3 Å². The van der Waals surface area contributed by atoms with E-state index in [1.807, 2.05) is 39.8 Å². The Hall–Kier alpha value is -1.59. The lowest BCUT2D eigenvalue weighted by Crippen LogP contribution is -2.53. The average Bonchev–Trinajstić information content (AvgIpc) is 2.49. The maximum Gasteiger partial charge on any atom is 0.243 e. The van der Waals surface area contributed by atoms with Crippen LogP contribution in [0, 0.1) is 26.7 Å². The van der Waals surface area contributed by atoms with Crippen molar-refractivity contribution in [1.82, 2.24) is 4.90 Å². The fraction of sp³-hybridized carbons (Fsp3) is 0.600. The number of hydrogen-bond donors (Lipinski definition) is 2. The molecule has 26 heavy (non-hydrogen) atoms. The van der Waals surface area contributed by atoms with Crippen LogP contribution in [-0.2, 0) is 9.59 Å². The summed E-state index contributed by atoms with van der Waals surface area (Å²) in [4.78, 5) is 26.7. The summed E-state index contributed by atoms with van der Waals surface area (Å²) in [5, 5.41) is 2.95. The van der Waals surface area contributed by atoms with E-state index in [1.165, 1.54) is 10.5 Å². The molecule has 146 valence electrons. The van der Waals surface area contributed by atoms with Crippen molar-refractivity contribution < 1.29 is 9.59 Å². The molecule has 1 aliphatic rings. The predicted molar refractivity (Wildman–Crippen MR) is 109 cm³/mol. The van der Waals surface area contributed by atoms with Gasteiger partial charge < -0.3 is 16.0 Å². The molecule has 0 aliphatic heterocycles. The Morgan fingerprint density at radius 1 is 1.23 bits per heavy atom. The van der Waals surface area contributed by atoms with Crippen LogP contribution in [0.2, 0.25) is 0 Å². The third-order valence-corrected chi connectivity index (χ3v) is 5.25. The fourth-order valence-electron chi connectivity index (χ4n) is 3.88. The number of amides is 2. The molecular weight excluding hydrogens is 350 g/mol. The molecule has 0 saturated heterocycles. The molecule has 1 aliphatic carbocycles. The van der Waals surface area contributed by atoms with Gasteiger partial charge >= 0.3 is 0 Å². The Morgan fingerprint density at radius 3 is 2.35 bits per heavy atom. The minimum Gasteiger partial charge on any atom is -0.336 e. The van der Waals surface area contributed by atoms with Crippen LogP contribution in [0.5, 0.6) is 0 Å². The number of carbonyl (C=O) groups excluding carboxylic acids is 2. The van der Waals surface area contributed by atoms with Gasteiger partial charge in [0.15, 0.2) is 0 Å². The number of rotatable bonds is 4. The molecule has 0 radical (unpaired) electrons. The zero-order chi connectivity index (χ0) is 18.8. The lowest BCUT2D eigenvalue weighted by atomic mass is 9.74. The number of likely N-dealkylation sites (N-methyl/N-ethyl adjacent to an activating group) is 1. The highest BCUT2D eigenvalue weighted by Crippen LogP contribution is 2.32. The van der Waals surface area contributed by atoms with Crippen molar-refractivity contribution in [1.29, 1.82) is 0 Å². The highest BCUT2D eigenvalue weighted by Gasteiger charge is 2.39. The highest BCUT2D eigenvalue weighted by atomic mass is 35.5. The SMILES string of the molecule is Cc1cc(C)c(NC(=O)CN(C)C(=O)C2CCCCC2(C)N)c(C)c1.Cl. The number of aryl methyl sites for hydroxylation is 3. The molecule has 2 amide bonds. The number of nitrogens with two attached hydrogens (primary N) is 1. The van der Waals surface area contributed by atoms with E-state index in [2.05, 4.69) is 5.32 Å². The Balaban J connectivity index is 0.00000338. The lowest BCUT2D eigenvalue weighted by molar-refractivity contribution is -0.139. The van der Waals surface area contributed by atoms with Gasteiger partial charge in [0.25, 0.3) is 0 Å². The summed E-state index contributed by atoms with van der Waals surface area (Å²) in [5.41, 5.74) is 9.90. The summed E-state index contributed by atoms with van der Waals surface area (Å²) in [5.74, 6) is -0.417. The van der Waals surface area contributed by atoms with Gasteiger partial charge in [-0.1, -0.05) is 30.5 Å². The normalized spacial score (nSPS) is 22.3. The Labute approximate surface area is 163 Å². The van der Waals surface area contributed by atoms with E-state index in [-0.39, 0.29) is 36.7 Å². The third-order valence-electron chi connectivity index (χ3n) is 5.25. The van der Waals surface area contributed by atoms with Crippen LogP contribution in [0.15, 0.2) is 12.1 Å². The Kier molecular flexibility index (Phi) is 7.66. The van der Waals surface area contributed by atoms with Crippen LogP contribution in [0.3, 0.4) is 0 Å². The van der Waals surface area contributed by atoms with E-state index in [1.54, 1.807) is 7.05 Å². The first-order valence-electron chi connectivity index (χ1n) is 9.03. The summed E-state index contributed by atoms with van der Waals surface area (Å²) < 4.78 is 0. The molecule has 2 atom stereocenters. The number of hydrogen-bond acceptors (Lipinski definition) is 3. The van der Waals surface area contributed by atoms with E-state index < -0.39 is 5.54 Å². The molecule has 6 heteroatoms. The molecule has 1 saturated carbocycles. The second-order valence-corrected chi connectivity index (χ2v) is 7.82. The van der Waals surface area contributed by atoms with Gasteiger partial charge in [-0.05, 0) is 51.7 Å². The molecule has 2 rings (SSSR count). The summed E-state index contributed by atoms with van der Waals surface area (Å²) in [7, 11) is 1.68. The topological polar surface area (TPSA) is 75.4 Å². The first-order valence-corrected chi connectivity index (χ1v) is 9.03. The van der Waals surface area contributed by atoms with Crippen molar-refractivity contribution in [2.75, 3.05) is 18.9 Å². The van der Waals surface area contributed by atoms with Crippen molar-refractivity contribution in [3.63, 3.8) is 0 Å². The van der Waals surface area contributed by atoms with Crippen molar-refractivity contribution in [3.8, 4) is 0 Å². The van der Waals surface area contributed by atoms with Crippen LogP contribution >= 0.6 is 12.4 Å². The molecule has 0 aromatic heterocycles. The van der Waals surface area contributed by atoms with Crippen molar-refractivity contribution >= 4 is 29.9 Å². The van der Waals surface area contributed by atoms with Crippen LogP contribution in [0.4, 0.5) is 5.69 Å². The zero-order valence-electron chi connectivity index (χ0n) is 16.5. The summed E-state index contributed by atoms with van der Waals surface area (Å²) in [6, 6.07) is 4.08. The van der Waals surface area contributed by atoms with E-state index in [0.29, 0.717) is 0 Å². The lowest BCUT2D eigenvalue weighted by Gasteiger charge is -2.39. The van der Waals surface area contributed by atoms with Gasteiger partial charge in [0.2, 0.25) is 11.8 Å². The molecule has 1 aromatic carbocycles. The van der Waals surface area contributed by atoms with Crippen LogP contribution in [-0.4, -0.2) is 35.8 Å². The third kappa shape index (κ3) is 5.21. The first kappa shape index (κ1) is 22.5. The van der Waals surface area contributed by atoms with Gasteiger partial charge in [-0.15, -0.1) is 12.4 Å². The van der Waals surface area contributed by atoms with Crippen molar-refractivity contribution in [3.05, 3.63) is 28.8 Å². The van der Waals surface area contributed by atoms with Crippen LogP contribution in [0.25, 0.3) is 0 Å². The minimum absolute atomic E-state index is 0. The average molecular weight is 382 g/mol. The quantitative estimate of drug-likeness (QED) is 0.839. The predicted octanol–water partition coefficient (Wildman–Crippen LogP) is 3.34. The molecule has 1 aromatic rings. The summed E-state index contributed by atoms with van der Waals surface area (Å²) in [6.45, 7) is 7.98. The van der Waals surface area contributed by atoms with Gasteiger partial charge in [-0.25, -0.2) is 0 Å². The number of anilines is 1. The summed E-state index contributed by atoms with van der Waals surface area (Å²) in [6.07, 6.45) is 3.73. The minimum atomic E-state index is -0.482. The first-order chi connectivity index (χ1) is 11.6. The Bertz CT molecular complexity index is 650. The standard InChI is InChI=1S/C20H31N3O2.ClH/c1-13-10-14(2)18(15(3)11-13)22-17(24)12-23(5)19(25)16-8-6-7-9-20(16,4)21;/h10-11,16H,6-9,12,21H2,1-5H3,(H,22,24);1H. The molecule has 0 heterocycles. The smallest absolute Gasteiger partial charge is 0.243 e. The largest absolute Gasteiger partial charge is 0.336 e. The van der Waals surface area contributed by atoms with Crippen LogP contribution in [0.1, 0.15) is 49.3 Å². The monoisotopic (exact) mass is 381 g/mol. The van der Waals surface area contributed by atoms with Gasteiger partial charge in [-0.2, -0.15) is 0 Å². The van der Waals surface area contributed by atoms with Crippen molar-refractivity contribution in [2.45, 2.75) is 58.9 Å². The number of halogens is 1. The van der Waals surface area contributed by atoms with Gasteiger partial charge in [0.1, 0.15) is 0 Å². The fourth-order valence-corrected chi connectivity index (χ4v) is 3.88. The molecular formula is C20H32ClN3O2. The second kappa shape index (κ2) is 8.87. The molecule has 0 spiro atoms. The zero-order valence-corrected chi connectivity index (χ0v) is 17.3. The molecule has 3 N–H and O–H groups in total. The highest BCUT2D eigenvalue weighted by molar-refractivity contribution is 5.96. The van der Waals surface area contributed by atoms with Crippen LogP contribution < -0.4 is 11.1 Å². The second-order valence-electron chi connectivity index (χ2n) is 7.82. The maximum atomic E-state index is 12.7. The molecule has 0 bridgehead atoms. The van der Waals surface area contributed by atoms with Gasteiger partial charge in [0.05, 0.1) is 12.5 Å². The summed E-state index contributed by atoms with van der Waals surface area (Å²) >= 11 is 0. The Morgan fingerprint density at radius 2 is 1.81 bits per heavy atom. The number of carbonyl (C=O) groups is 2. The number of nitrogens with one attached hydrogen (secondary N) is 1. The van der Waals surface area contributed by atoms with E-state index in [4.69, 9.17) is 5.73 Å². The number of nitrogens with zero attached hydrogens (tertiary/aromatic N) is 1.